The summed E-state index contributed by atoms with van der Waals surface area (Å²) in [6.07, 6.45) is 0.588. The maximum Gasteiger partial charge on any atom is 0.334 e. The monoisotopic (exact) mass is 360 g/mol. The molecule has 2 aliphatic rings. The minimum Gasteiger partial charge on any atom is -0.458 e. The summed E-state index contributed by atoms with van der Waals surface area (Å²) >= 11 is 0. The Balaban J connectivity index is 2.46. The summed E-state index contributed by atoms with van der Waals surface area (Å²) in [7, 11) is 0. The average Bonchev–Trinajstić information content (AvgIpc) is 2.86. The molecule has 1 N–H and O–H groups in total. The normalized spacial score (nSPS) is 32.5. The van der Waals surface area contributed by atoms with E-state index < -0.39 is 36.2 Å². The van der Waals surface area contributed by atoms with Crippen molar-refractivity contribution >= 4 is 17.7 Å². The number of Topliss-reactive ketones (excluding diaryl/α,β-unsaturated/α-hetero) is 1. The third-order valence-electron chi connectivity index (χ3n) is 4.85. The van der Waals surface area contributed by atoms with Crippen LogP contribution in [0.25, 0.3) is 0 Å². The number of fused-ring (bicyclic) bond motifs is 1. The number of allylic oxidation sites excluding steroid dienone is 1. The summed E-state index contributed by atoms with van der Waals surface area (Å²) in [6, 6.07) is 0. The molecule has 0 bridgehead atoms. The quantitative estimate of drug-likeness (QED) is 0.461. The Bertz CT molecular complexity index is 727. The molecule has 1 fully saturated rings. The molecule has 0 saturated carbocycles. The summed E-state index contributed by atoms with van der Waals surface area (Å²) in [6.45, 7) is 12.5. The number of carbonyl (C=O) groups is 3. The van der Waals surface area contributed by atoms with Crippen molar-refractivity contribution < 1.29 is 29.0 Å². The fraction of sp³-hybridized carbons (Fsp3) is 0.450. The molecule has 0 radical (unpaired) electrons. The molecule has 6 heteroatoms. The van der Waals surface area contributed by atoms with E-state index in [9.17, 15) is 19.5 Å². The van der Waals surface area contributed by atoms with Crippen molar-refractivity contribution in [2.45, 2.75) is 51.9 Å². The number of aliphatic hydroxyl groups excluding tert-OH is 1. The van der Waals surface area contributed by atoms with Crippen LogP contribution in [0.2, 0.25) is 0 Å². The van der Waals surface area contributed by atoms with Crippen LogP contribution in [0.5, 0.6) is 0 Å². The maximum atomic E-state index is 12.3. The Hall–Kier alpha value is -2.47. The van der Waals surface area contributed by atoms with Crippen molar-refractivity contribution in [2.24, 2.45) is 5.92 Å². The smallest absolute Gasteiger partial charge is 0.334 e. The second kappa shape index (κ2) is 7.83. The summed E-state index contributed by atoms with van der Waals surface area (Å²) in [5.41, 5.74) is 1.31. The Kier molecular flexibility index (Phi) is 5.97. The van der Waals surface area contributed by atoms with Crippen molar-refractivity contribution in [1.82, 2.24) is 0 Å². The van der Waals surface area contributed by atoms with Gasteiger partial charge in [0.15, 0.2) is 5.78 Å². The molecule has 0 amide bonds. The summed E-state index contributed by atoms with van der Waals surface area (Å²) in [5.74, 6) is -2.09. The fourth-order valence-electron chi connectivity index (χ4n) is 2.98. The Morgan fingerprint density at radius 3 is 2.62 bits per heavy atom. The summed E-state index contributed by atoms with van der Waals surface area (Å²) in [5, 5.41) is 10.2. The lowest BCUT2D eigenvalue weighted by Gasteiger charge is -2.28. The second-order valence-electron chi connectivity index (χ2n) is 6.70. The minimum atomic E-state index is -0.989. The van der Waals surface area contributed by atoms with Crippen molar-refractivity contribution in [1.29, 1.82) is 0 Å². The van der Waals surface area contributed by atoms with Crippen molar-refractivity contribution in [3.05, 3.63) is 47.6 Å². The highest BCUT2D eigenvalue weighted by Crippen LogP contribution is 2.36. The number of ketones is 1. The molecule has 1 aliphatic carbocycles. The highest BCUT2D eigenvalue weighted by atomic mass is 16.6. The third kappa shape index (κ3) is 4.02. The Morgan fingerprint density at radius 1 is 1.35 bits per heavy atom. The fourth-order valence-corrected chi connectivity index (χ4v) is 2.98. The lowest BCUT2D eigenvalue weighted by molar-refractivity contribution is -0.147. The highest BCUT2D eigenvalue weighted by Gasteiger charge is 2.45. The lowest BCUT2D eigenvalue weighted by atomic mass is 9.83. The second-order valence-corrected chi connectivity index (χ2v) is 6.70. The molecule has 6 nitrogen and oxygen atoms in total. The summed E-state index contributed by atoms with van der Waals surface area (Å²) in [4.78, 5) is 36.6. The van der Waals surface area contributed by atoms with Crippen LogP contribution in [0, 0.1) is 5.92 Å². The van der Waals surface area contributed by atoms with Crippen LogP contribution < -0.4 is 0 Å². The van der Waals surface area contributed by atoms with E-state index in [1.807, 2.05) is 0 Å². The molecule has 1 heterocycles. The standard InChI is InChI=1S/C20H24O6/c1-6-10(2)19(23)25-16-7-11(3)14(21)9-15(22)12(4)8-17-18(16)13(5)20(24)26-17/h6,8,15-18,22H,3,5,7,9H2,1-2,4H3/b10-6-,12-8-/t15-,16-,17-,18+/m0/s1. The Morgan fingerprint density at radius 2 is 2.00 bits per heavy atom. The average molecular weight is 360 g/mol. The first-order chi connectivity index (χ1) is 12.1. The molecule has 1 aliphatic heterocycles. The van der Waals surface area contributed by atoms with Gasteiger partial charge in [-0.15, -0.1) is 0 Å². The first kappa shape index (κ1) is 19.8. The van der Waals surface area contributed by atoms with Crippen LogP contribution >= 0.6 is 0 Å². The molecule has 2 rings (SSSR count). The van der Waals surface area contributed by atoms with Crippen LogP contribution in [0.4, 0.5) is 0 Å². The molecule has 4 atom stereocenters. The van der Waals surface area contributed by atoms with E-state index in [4.69, 9.17) is 9.47 Å². The van der Waals surface area contributed by atoms with E-state index in [0.717, 1.165) is 0 Å². The van der Waals surface area contributed by atoms with Gasteiger partial charge in [-0.3, -0.25) is 4.79 Å². The maximum absolute atomic E-state index is 12.3. The van der Waals surface area contributed by atoms with E-state index in [0.29, 0.717) is 11.1 Å². The molecule has 1 saturated heterocycles. The predicted octanol–water partition coefficient (Wildman–Crippen LogP) is 2.19. The van der Waals surface area contributed by atoms with Gasteiger partial charge in [0.1, 0.15) is 12.2 Å². The number of hydrogen-bond donors (Lipinski definition) is 1. The van der Waals surface area contributed by atoms with Gasteiger partial charge in [-0.1, -0.05) is 19.2 Å². The first-order valence-electron chi connectivity index (χ1n) is 8.46. The number of ether oxygens (including phenoxy) is 2. The zero-order valence-corrected chi connectivity index (χ0v) is 15.3. The minimum absolute atomic E-state index is 0.0397. The Labute approximate surface area is 152 Å². The molecule has 140 valence electrons. The molecule has 0 spiro atoms. The SMILES string of the molecule is C=C1C[C@H](OC(=O)/C(C)=C\C)[C@H]2C(=C)C(=O)O[C@H]2/C=C(/C)[C@@H](O)CC1=O. The molecule has 0 aromatic carbocycles. The van der Waals surface area contributed by atoms with Gasteiger partial charge in [0.2, 0.25) is 0 Å². The first-order valence-corrected chi connectivity index (χ1v) is 8.46. The third-order valence-corrected chi connectivity index (χ3v) is 4.85. The zero-order chi connectivity index (χ0) is 19.6. The number of esters is 2. The van der Waals surface area contributed by atoms with Gasteiger partial charge in [-0.05, 0) is 38.0 Å². The lowest BCUT2D eigenvalue weighted by Crippen LogP contribution is -2.35. The topological polar surface area (TPSA) is 89.9 Å². The largest absolute Gasteiger partial charge is 0.458 e. The van der Waals surface area contributed by atoms with Crippen LogP contribution in [-0.2, 0) is 23.9 Å². The number of aliphatic hydroxyl groups is 1. The van der Waals surface area contributed by atoms with Crippen LogP contribution in [-0.4, -0.2) is 41.1 Å². The van der Waals surface area contributed by atoms with E-state index in [1.54, 1.807) is 32.9 Å². The van der Waals surface area contributed by atoms with Crippen molar-refractivity contribution in [2.75, 3.05) is 0 Å². The van der Waals surface area contributed by atoms with Crippen LogP contribution in [0.3, 0.4) is 0 Å². The molecular formula is C20H24O6. The van der Waals surface area contributed by atoms with Gasteiger partial charge in [0.05, 0.1) is 12.0 Å². The number of rotatable bonds is 2. The predicted molar refractivity (Wildman–Crippen MR) is 95.0 cm³/mol. The van der Waals surface area contributed by atoms with Gasteiger partial charge in [0.25, 0.3) is 0 Å². The van der Waals surface area contributed by atoms with Gasteiger partial charge in [0, 0.05) is 24.0 Å². The number of carbonyl (C=O) groups excluding carboxylic acids is 3. The van der Waals surface area contributed by atoms with Crippen LogP contribution in [0.1, 0.15) is 33.6 Å². The van der Waals surface area contributed by atoms with Gasteiger partial charge < -0.3 is 14.6 Å². The van der Waals surface area contributed by atoms with Crippen molar-refractivity contribution in [3.63, 3.8) is 0 Å². The van der Waals surface area contributed by atoms with E-state index in [1.165, 1.54) is 0 Å². The van der Waals surface area contributed by atoms with E-state index >= 15 is 0 Å². The highest BCUT2D eigenvalue weighted by molar-refractivity contribution is 5.96. The molecule has 0 unspecified atom stereocenters. The molecule has 0 aromatic heterocycles. The molecule has 0 aromatic rings. The number of hydrogen-bond acceptors (Lipinski definition) is 6. The van der Waals surface area contributed by atoms with E-state index in [-0.39, 0.29) is 29.8 Å². The summed E-state index contributed by atoms with van der Waals surface area (Å²) < 4.78 is 10.9. The molecular weight excluding hydrogens is 336 g/mol. The molecule has 26 heavy (non-hydrogen) atoms. The van der Waals surface area contributed by atoms with Gasteiger partial charge in [-0.2, -0.15) is 0 Å². The zero-order valence-electron chi connectivity index (χ0n) is 15.3. The van der Waals surface area contributed by atoms with Crippen LogP contribution in [0.15, 0.2) is 47.6 Å². The van der Waals surface area contributed by atoms with E-state index in [2.05, 4.69) is 13.2 Å². The van der Waals surface area contributed by atoms with Gasteiger partial charge >= 0.3 is 11.9 Å². The van der Waals surface area contributed by atoms with Gasteiger partial charge in [-0.25, -0.2) is 9.59 Å². The van der Waals surface area contributed by atoms with Crippen molar-refractivity contribution in [3.8, 4) is 0 Å².